The van der Waals surface area contributed by atoms with Crippen molar-refractivity contribution in [3.8, 4) is 0 Å². The summed E-state index contributed by atoms with van der Waals surface area (Å²) in [6.45, 7) is 7.66. The normalized spacial score (nSPS) is 23.0. The van der Waals surface area contributed by atoms with Gasteiger partial charge in [-0.1, -0.05) is 12.1 Å². The third kappa shape index (κ3) is 3.54. The van der Waals surface area contributed by atoms with Crippen molar-refractivity contribution in [2.24, 2.45) is 0 Å². The number of benzene rings is 1. The van der Waals surface area contributed by atoms with Gasteiger partial charge in [0, 0.05) is 19.1 Å². The van der Waals surface area contributed by atoms with Crippen LogP contribution in [0, 0.1) is 0 Å². The molecule has 23 heavy (non-hydrogen) atoms. The maximum absolute atomic E-state index is 9.35. The highest BCUT2D eigenvalue weighted by atomic mass is 16.5. The van der Waals surface area contributed by atoms with Crippen molar-refractivity contribution in [3.05, 3.63) is 24.3 Å². The molecule has 2 aromatic rings. The lowest BCUT2D eigenvalue weighted by Gasteiger charge is -2.36. The average molecular weight is 316 g/mol. The van der Waals surface area contributed by atoms with Crippen LogP contribution in [0.2, 0.25) is 0 Å². The maximum atomic E-state index is 9.35. The Kier molecular flexibility index (Phi) is 4.63. The van der Waals surface area contributed by atoms with E-state index in [1.807, 2.05) is 31.2 Å². The number of hydrogen-bond acceptors (Lipinski definition) is 6. The van der Waals surface area contributed by atoms with E-state index in [0.29, 0.717) is 5.82 Å². The fourth-order valence-electron chi connectivity index (χ4n) is 2.94. The third-order valence-corrected chi connectivity index (χ3v) is 3.93. The highest BCUT2D eigenvalue weighted by Crippen LogP contribution is 2.28. The third-order valence-electron chi connectivity index (χ3n) is 3.93. The SMILES string of the molecule is C[C@H](CO)Nc1nc2ccccc2nc1N1C[C@H](C)O[C@@H](C)C1. The second-order valence-electron chi connectivity index (χ2n) is 6.27. The Morgan fingerprint density at radius 2 is 1.83 bits per heavy atom. The van der Waals surface area contributed by atoms with Crippen LogP contribution in [-0.4, -0.2) is 53.0 Å². The lowest BCUT2D eigenvalue weighted by molar-refractivity contribution is -0.00541. The van der Waals surface area contributed by atoms with Crippen molar-refractivity contribution in [1.82, 2.24) is 9.97 Å². The largest absolute Gasteiger partial charge is 0.394 e. The van der Waals surface area contributed by atoms with E-state index in [1.54, 1.807) is 0 Å². The minimum Gasteiger partial charge on any atom is -0.394 e. The predicted molar refractivity (Wildman–Crippen MR) is 91.9 cm³/mol. The standard InChI is InChI=1S/C17H24N4O2/c1-11(10-22)18-16-17(21-8-12(2)23-13(3)9-21)20-15-7-5-4-6-14(15)19-16/h4-7,11-13,22H,8-10H2,1-3H3,(H,18,19)/t11-,12+,13+/m1/s1. The first-order valence-electron chi connectivity index (χ1n) is 8.11. The molecule has 0 radical (unpaired) electrons. The van der Waals surface area contributed by atoms with Crippen LogP contribution in [0.3, 0.4) is 0 Å². The van der Waals surface area contributed by atoms with Crippen LogP contribution in [0.25, 0.3) is 11.0 Å². The number of anilines is 2. The van der Waals surface area contributed by atoms with Crippen LogP contribution in [-0.2, 0) is 4.74 Å². The summed E-state index contributed by atoms with van der Waals surface area (Å²) in [6.07, 6.45) is 0.297. The van der Waals surface area contributed by atoms with Crippen molar-refractivity contribution in [1.29, 1.82) is 0 Å². The number of para-hydroxylation sites is 2. The molecule has 1 aliphatic heterocycles. The van der Waals surface area contributed by atoms with E-state index in [1.165, 1.54) is 0 Å². The number of nitrogens with one attached hydrogen (secondary N) is 1. The number of ether oxygens (including phenoxy) is 1. The summed E-state index contributed by atoms with van der Waals surface area (Å²) < 4.78 is 5.82. The Balaban J connectivity index is 2.03. The zero-order valence-electron chi connectivity index (χ0n) is 13.9. The summed E-state index contributed by atoms with van der Waals surface area (Å²) >= 11 is 0. The molecule has 0 unspecified atom stereocenters. The zero-order valence-corrected chi connectivity index (χ0v) is 13.9. The minimum atomic E-state index is -0.0832. The summed E-state index contributed by atoms with van der Waals surface area (Å²) in [4.78, 5) is 11.8. The molecule has 6 heteroatoms. The molecule has 3 atom stereocenters. The van der Waals surface area contributed by atoms with Crippen molar-refractivity contribution < 1.29 is 9.84 Å². The van der Waals surface area contributed by atoms with Gasteiger partial charge in [0.25, 0.3) is 0 Å². The van der Waals surface area contributed by atoms with Gasteiger partial charge in [-0.2, -0.15) is 0 Å². The number of aliphatic hydroxyl groups excluding tert-OH is 1. The molecule has 2 heterocycles. The van der Waals surface area contributed by atoms with Crippen LogP contribution in [0.1, 0.15) is 20.8 Å². The molecule has 0 saturated carbocycles. The molecule has 3 rings (SSSR count). The number of fused-ring (bicyclic) bond motifs is 1. The van der Waals surface area contributed by atoms with Crippen molar-refractivity contribution >= 4 is 22.7 Å². The van der Waals surface area contributed by atoms with Gasteiger partial charge in [0.1, 0.15) is 0 Å². The Hall–Kier alpha value is -1.92. The minimum absolute atomic E-state index is 0.0455. The molecule has 1 aromatic carbocycles. The summed E-state index contributed by atoms with van der Waals surface area (Å²) in [7, 11) is 0. The zero-order chi connectivity index (χ0) is 16.4. The van der Waals surface area contributed by atoms with Gasteiger partial charge in [-0.3, -0.25) is 0 Å². The monoisotopic (exact) mass is 316 g/mol. The van der Waals surface area contributed by atoms with Gasteiger partial charge in [0.2, 0.25) is 0 Å². The number of rotatable bonds is 4. The van der Waals surface area contributed by atoms with Gasteiger partial charge in [0.05, 0.1) is 29.8 Å². The predicted octanol–water partition coefficient (Wildman–Crippen LogP) is 2.04. The average Bonchev–Trinajstić information content (AvgIpc) is 2.53. The fraction of sp³-hybridized carbons (Fsp3) is 0.529. The molecule has 0 spiro atoms. The first kappa shape index (κ1) is 16.0. The van der Waals surface area contributed by atoms with E-state index in [0.717, 1.165) is 29.9 Å². The van der Waals surface area contributed by atoms with Gasteiger partial charge in [-0.25, -0.2) is 9.97 Å². The van der Waals surface area contributed by atoms with Crippen molar-refractivity contribution in [2.45, 2.75) is 39.0 Å². The maximum Gasteiger partial charge on any atom is 0.172 e. The van der Waals surface area contributed by atoms with Crippen LogP contribution < -0.4 is 10.2 Å². The fourth-order valence-corrected chi connectivity index (χ4v) is 2.94. The number of aliphatic hydroxyl groups is 1. The number of hydrogen-bond donors (Lipinski definition) is 2. The molecular formula is C17H24N4O2. The molecular weight excluding hydrogens is 292 g/mol. The second-order valence-corrected chi connectivity index (χ2v) is 6.27. The van der Waals surface area contributed by atoms with Crippen LogP contribution in [0.4, 0.5) is 11.6 Å². The van der Waals surface area contributed by atoms with Crippen LogP contribution in [0.5, 0.6) is 0 Å². The molecule has 124 valence electrons. The van der Waals surface area contributed by atoms with E-state index in [4.69, 9.17) is 14.7 Å². The molecule has 0 amide bonds. The smallest absolute Gasteiger partial charge is 0.172 e. The molecule has 1 fully saturated rings. The Labute approximate surface area is 136 Å². The Morgan fingerprint density at radius 1 is 1.22 bits per heavy atom. The first-order chi connectivity index (χ1) is 11.1. The van der Waals surface area contributed by atoms with Gasteiger partial charge in [-0.05, 0) is 32.9 Å². The van der Waals surface area contributed by atoms with Gasteiger partial charge in [0.15, 0.2) is 11.6 Å². The van der Waals surface area contributed by atoms with E-state index in [2.05, 4.69) is 24.1 Å². The second kappa shape index (κ2) is 6.68. The lowest BCUT2D eigenvalue weighted by atomic mass is 10.2. The molecule has 1 saturated heterocycles. The van der Waals surface area contributed by atoms with Gasteiger partial charge < -0.3 is 20.1 Å². The van der Waals surface area contributed by atoms with Crippen molar-refractivity contribution in [2.75, 3.05) is 29.9 Å². The van der Waals surface area contributed by atoms with Gasteiger partial charge in [-0.15, -0.1) is 0 Å². The molecule has 2 N–H and O–H groups in total. The summed E-state index contributed by atoms with van der Waals surface area (Å²) in [6, 6.07) is 7.76. The van der Waals surface area contributed by atoms with E-state index >= 15 is 0 Å². The number of nitrogens with zero attached hydrogens (tertiary/aromatic N) is 3. The van der Waals surface area contributed by atoms with Crippen LogP contribution >= 0.6 is 0 Å². The van der Waals surface area contributed by atoms with E-state index in [9.17, 15) is 5.11 Å². The highest BCUT2D eigenvalue weighted by Gasteiger charge is 2.26. The molecule has 0 bridgehead atoms. The van der Waals surface area contributed by atoms with Gasteiger partial charge >= 0.3 is 0 Å². The summed E-state index contributed by atoms with van der Waals surface area (Å²) in [5.41, 5.74) is 1.72. The first-order valence-corrected chi connectivity index (χ1v) is 8.11. The lowest BCUT2D eigenvalue weighted by Crippen LogP contribution is -2.46. The number of aromatic nitrogens is 2. The highest BCUT2D eigenvalue weighted by molar-refractivity contribution is 5.80. The quantitative estimate of drug-likeness (QED) is 0.899. The summed E-state index contributed by atoms with van der Waals surface area (Å²) in [5, 5.41) is 12.6. The molecule has 1 aromatic heterocycles. The Bertz CT molecular complexity index is 669. The topological polar surface area (TPSA) is 70.5 Å². The van der Waals surface area contributed by atoms with E-state index in [-0.39, 0.29) is 24.9 Å². The summed E-state index contributed by atoms with van der Waals surface area (Å²) in [5.74, 6) is 1.54. The van der Waals surface area contributed by atoms with Crippen molar-refractivity contribution in [3.63, 3.8) is 0 Å². The molecule has 1 aliphatic rings. The van der Waals surface area contributed by atoms with E-state index < -0.39 is 0 Å². The van der Waals surface area contributed by atoms with Crippen LogP contribution in [0.15, 0.2) is 24.3 Å². The molecule has 0 aliphatic carbocycles. The Morgan fingerprint density at radius 3 is 2.43 bits per heavy atom. The number of morpholine rings is 1. The molecule has 6 nitrogen and oxygen atoms in total.